The Hall–Kier alpha value is -3.40. The highest BCUT2D eigenvalue weighted by Gasteiger charge is 2.21. The van der Waals surface area contributed by atoms with Crippen LogP contribution in [0.1, 0.15) is 39.7 Å². The molecule has 0 aliphatic rings. The van der Waals surface area contributed by atoms with Crippen molar-refractivity contribution in [3.63, 3.8) is 0 Å². The minimum atomic E-state index is -0.741. The second-order valence-corrected chi connectivity index (χ2v) is 7.44. The molecule has 9 nitrogen and oxygen atoms in total. The topological polar surface area (TPSA) is 116 Å². The standard InChI is InChI=1S/C18H16N6O3S/c1-9-11(3)28-17-14(9)16(25)20-15(21-17)10(2)27-18(26)12-6-4-5-7-13(12)24-8-19-22-23-24/h4-8,10H,1-3H3,(H,20,21,25)/t10-/m0/s1. The SMILES string of the molecule is Cc1sc2nc([C@H](C)OC(=O)c3ccccc3-n3cnnn3)[nH]c(=O)c2c1C. The van der Waals surface area contributed by atoms with Gasteiger partial charge in [-0.15, -0.1) is 16.4 Å². The molecule has 10 heteroatoms. The molecule has 0 saturated carbocycles. The molecule has 0 fully saturated rings. The lowest BCUT2D eigenvalue weighted by molar-refractivity contribution is 0.0320. The summed E-state index contributed by atoms with van der Waals surface area (Å²) in [6, 6.07) is 6.82. The molecular weight excluding hydrogens is 380 g/mol. The van der Waals surface area contributed by atoms with Crippen LogP contribution in [0.15, 0.2) is 35.4 Å². The van der Waals surface area contributed by atoms with Gasteiger partial charge in [0.15, 0.2) is 11.9 Å². The van der Waals surface area contributed by atoms with Gasteiger partial charge in [-0.25, -0.2) is 9.78 Å². The Morgan fingerprint density at radius 1 is 1.29 bits per heavy atom. The van der Waals surface area contributed by atoms with E-state index in [2.05, 4.69) is 25.5 Å². The number of para-hydroxylation sites is 1. The molecule has 1 N–H and O–H groups in total. The first kappa shape index (κ1) is 18.0. The Morgan fingerprint density at radius 2 is 2.07 bits per heavy atom. The summed E-state index contributed by atoms with van der Waals surface area (Å²) in [5, 5.41) is 11.6. The number of ether oxygens (including phenoxy) is 1. The van der Waals surface area contributed by atoms with Gasteiger partial charge in [0.25, 0.3) is 5.56 Å². The Kier molecular flexibility index (Phi) is 4.47. The van der Waals surface area contributed by atoms with Gasteiger partial charge in [-0.3, -0.25) is 4.79 Å². The van der Waals surface area contributed by atoms with E-state index in [4.69, 9.17) is 4.74 Å². The molecular formula is C18H16N6O3S. The molecule has 0 unspecified atom stereocenters. The van der Waals surface area contributed by atoms with Crippen LogP contribution in [0.5, 0.6) is 0 Å². The Balaban J connectivity index is 1.65. The first-order valence-corrected chi connectivity index (χ1v) is 9.30. The summed E-state index contributed by atoms with van der Waals surface area (Å²) >= 11 is 1.44. The third-order valence-electron chi connectivity index (χ3n) is 4.45. The van der Waals surface area contributed by atoms with E-state index in [0.717, 1.165) is 10.4 Å². The number of thiophene rings is 1. The summed E-state index contributed by atoms with van der Waals surface area (Å²) in [6.07, 6.45) is 0.651. The molecule has 0 aliphatic heterocycles. The number of hydrogen-bond donors (Lipinski definition) is 1. The maximum atomic E-state index is 12.7. The molecule has 4 aromatic rings. The van der Waals surface area contributed by atoms with E-state index in [0.29, 0.717) is 27.3 Å². The summed E-state index contributed by atoms with van der Waals surface area (Å²) in [4.78, 5) is 34.1. The third-order valence-corrected chi connectivity index (χ3v) is 5.55. The smallest absolute Gasteiger partial charge is 0.341 e. The lowest BCUT2D eigenvalue weighted by Gasteiger charge is -2.14. The van der Waals surface area contributed by atoms with Crippen LogP contribution < -0.4 is 5.56 Å². The number of nitrogens with one attached hydrogen (secondary N) is 1. The van der Waals surface area contributed by atoms with Crippen molar-refractivity contribution < 1.29 is 9.53 Å². The lowest BCUT2D eigenvalue weighted by Crippen LogP contribution is -2.18. The zero-order chi connectivity index (χ0) is 19.8. The molecule has 4 rings (SSSR count). The fourth-order valence-electron chi connectivity index (χ4n) is 2.86. The number of aromatic amines is 1. The monoisotopic (exact) mass is 396 g/mol. The van der Waals surface area contributed by atoms with E-state index >= 15 is 0 Å². The minimum absolute atomic E-state index is 0.237. The lowest BCUT2D eigenvalue weighted by atomic mass is 10.2. The number of benzene rings is 1. The van der Waals surface area contributed by atoms with Gasteiger partial charge in [0.1, 0.15) is 11.2 Å². The Labute approximate surface area is 163 Å². The van der Waals surface area contributed by atoms with E-state index in [1.54, 1.807) is 31.2 Å². The van der Waals surface area contributed by atoms with Crippen LogP contribution in [0.3, 0.4) is 0 Å². The van der Waals surface area contributed by atoms with Crippen LogP contribution in [0, 0.1) is 13.8 Å². The molecule has 142 valence electrons. The number of fused-ring (bicyclic) bond motifs is 1. The molecule has 0 saturated heterocycles. The number of carbonyl (C=O) groups is 1. The van der Waals surface area contributed by atoms with E-state index in [1.165, 1.54) is 22.3 Å². The van der Waals surface area contributed by atoms with Crippen molar-refractivity contribution in [3.05, 3.63) is 62.8 Å². The van der Waals surface area contributed by atoms with Crippen molar-refractivity contribution in [1.82, 2.24) is 30.2 Å². The minimum Gasteiger partial charge on any atom is -0.451 e. The van der Waals surface area contributed by atoms with Gasteiger partial charge in [0, 0.05) is 4.88 Å². The van der Waals surface area contributed by atoms with Gasteiger partial charge < -0.3 is 9.72 Å². The second kappa shape index (κ2) is 6.97. The van der Waals surface area contributed by atoms with Crippen molar-refractivity contribution >= 4 is 27.5 Å². The van der Waals surface area contributed by atoms with E-state index in [9.17, 15) is 9.59 Å². The molecule has 0 aliphatic carbocycles. The molecule has 3 heterocycles. The quantitative estimate of drug-likeness (QED) is 0.527. The van der Waals surface area contributed by atoms with Crippen LogP contribution in [0.2, 0.25) is 0 Å². The maximum absolute atomic E-state index is 12.7. The van der Waals surface area contributed by atoms with Gasteiger partial charge in [-0.1, -0.05) is 12.1 Å². The molecule has 28 heavy (non-hydrogen) atoms. The van der Waals surface area contributed by atoms with Gasteiger partial charge in [0.05, 0.1) is 16.6 Å². The van der Waals surface area contributed by atoms with Gasteiger partial charge >= 0.3 is 5.97 Å². The zero-order valence-corrected chi connectivity index (χ0v) is 16.1. The van der Waals surface area contributed by atoms with E-state index in [-0.39, 0.29) is 5.56 Å². The predicted molar refractivity (Wildman–Crippen MR) is 103 cm³/mol. The average molecular weight is 396 g/mol. The van der Waals surface area contributed by atoms with Gasteiger partial charge in [0.2, 0.25) is 0 Å². The molecule has 0 amide bonds. The molecule has 1 atom stereocenters. The Bertz CT molecular complexity index is 1230. The van der Waals surface area contributed by atoms with Crippen LogP contribution >= 0.6 is 11.3 Å². The van der Waals surface area contributed by atoms with Crippen LogP contribution in [0.4, 0.5) is 0 Å². The third kappa shape index (κ3) is 3.07. The number of nitrogens with zero attached hydrogens (tertiary/aromatic N) is 5. The molecule has 0 radical (unpaired) electrons. The summed E-state index contributed by atoms with van der Waals surface area (Å²) in [5.74, 6) is -0.271. The summed E-state index contributed by atoms with van der Waals surface area (Å²) in [6.45, 7) is 5.50. The zero-order valence-electron chi connectivity index (χ0n) is 15.3. The fourth-order valence-corrected chi connectivity index (χ4v) is 3.90. The number of carbonyl (C=O) groups excluding carboxylic acids is 1. The van der Waals surface area contributed by atoms with Crippen molar-refractivity contribution in [2.45, 2.75) is 26.9 Å². The number of tetrazole rings is 1. The van der Waals surface area contributed by atoms with E-state index < -0.39 is 12.1 Å². The summed E-state index contributed by atoms with van der Waals surface area (Å²) in [5.41, 5.74) is 1.47. The fraction of sp³-hybridized carbons (Fsp3) is 0.222. The van der Waals surface area contributed by atoms with Crippen LogP contribution in [-0.4, -0.2) is 36.1 Å². The van der Waals surface area contributed by atoms with Gasteiger partial charge in [-0.05, 0) is 48.9 Å². The summed E-state index contributed by atoms with van der Waals surface area (Å²) in [7, 11) is 0. The van der Waals surface area contributed by atoms with Gasteiger partial charge in [-0.2, -0.15) is 4.68 Å². The summed E-state index contributed by atoms with van der Waals surface area (Å²) < 4.78 is 6.93. The highest BCUT2D eigenvalue weighted by Crippen LogP contribution is 2.27. The molecule has 0 bridgehead atoms. The first-order chi connectivity index (χ1) is 13.5. The number of aryl methyl sites for hydroxylation is 2. The first-order valence-electron chi connectivity index (χ1n) is 8.49. The van der Waals surface area contributed by atoms with Crippen LogP contribution in [-0.2, 0) is 4.74 Å². The van der Waals surface area contributed by atoms with Crippen molar-refractivity contribution in [1.29, 1.82) is 0 Å². The molecule has 0 spiro atoms. The second-order valence-electron chi connectivity index (χ2n) is 6.23. The highest BCUT2D eigenvalue weighted by molar-refractivity contribution is 7.18. The van der Waals surface area contributed by atoms with E-state index in [1.807, 2.05) is 13.8 Å². The number of H-pyrrole nitrogens is 1. The maximum Gasteiger partial charge on any atom is 0.341 e. The van der Waals surface area contributed by atoms with Crippen molar-refractivity contribution in [3.8, 4) is 5.69 Å². The average Bonchev–Trinajstić information content (AvgIpc) is 3.30. The van der Waals surface area contributed by atoms with Crippen molar-refractivity contribution in [2.75, 3.05) is 0 Å². The number of esters is 1. The largest absolute Gasteiger partial charge is 0.451 e. The number of rotatable bonds is 4. The number of aromatic nitrogens is 6. The Morgan fingerprint density at radius 3 is 2.82 bits per heavy atom. The normalized spacial score (nSPS) is 12.2. The number of hydrogen-bond acceptors (Lipinski definition) is 8. The molecule has 3 aromatic heterocycles. The van der Waals surface area contributed by atoms with Crippen molar-refractivity contribution in [2.24, 2.45) is 0 Å². The predicted octanol–water partition coefficient (Wildman–Crippen LogP) is 2.50. The van der Waals surface area contributed by atoms with Crippen LogP contribution in [0.25, 0.3) is 15.9 Å². The molecule has 1 aromatic carbocycles. The highest BCUT2D eigenvalue weighted by atomic mass is 32.1.